The average Bonchev–Trinajstić information content (AvgIpc) is 3.37. The topological polar surface area (TPSA) is 90.5 Å². The summed E-state index contributed by atoms with van der Waals surface area (Å²) in [6, 6.07) is 18.7. The zero-order valence-electron chi connectivity index (χ0n) is 17.1. The molecule has 158 valence electrons. The minimum absolute atomic E-state index is 0.141. The number of nitrogens with one attached hydrogen (secondary N) is 1. The van der Waals surface area contributed by atoms with Gasteiger partial charge in [-0.1, -0.05) is 48.0 Å². The molecule has 0 saturated carbocycles. The fraction of sp³-hybridized carbons (Fsp3) is 0.0870. The van der Waals surface area contributed by atoms with Crippen molar-refractivity contribution in [2.45, 2.75) is 13.3 Å². The summed E-state index contributed by atoms with van der Waals surface area (Å²) in [5.74, 6) is 0.905. The van der Waals surface area contributed by atoms with Gasteiger partial charge in [-0.15, -0.1) is 0 Å². The molecule has 5 aromatic rings. The SMILES string of the molecule is Cc1cc(NC(=O)Cc2ccccc2)n(-c2ncnc3c2cnn3-c2cccc(Cl)c2)n1. The van der Waals surface area contributed by atoms with E-state index in [2.05, 4.69) is 25.5 Å². The van der Waals surface area contributed by atoms with Crippen LogP contribution in [0.15, 0.2) is 73.2 Å². The number of carbonyl (C=O) groups excluding carboxylic acids is 1. The number of aryl methyl sites for hydroxylation is 1. The minimum atomic E-state index is -0.141. The van der Waals surface area contributed by atoms with Gasteiger partial charge in [-0.05, 0) is 30.7 Å². The minimum Gasteiger partial charge on any atom is -0.310 e. The third kappa shape index (κ3) is 3.83. The third-order valence-corrected chi connectivity index (χ3v) is 5.14. The molecule has 2 aromatic carbocycles. The zero-order chi connectivity index (χ0) is 22.1. The van der Waals surface area contributed by atoms with Crippen LogP contribution in [-0.2, 0) is 11.2 Å². The molecule has 32 heavy (non-hydrogen) atoms. The van der Waals surface area contributed by atoms with Gasteiger partial charge in [0.25, 0.3) is 0 Å². The summed E-state index contributed by atoms with van der Waals surface area (Å²) < 4.78 is 3.29. The number of nitrogens with zero attached hydrogens (tertiary/aromatic N) is 6. The lowest BCUT2D eigenvalue weighted by Gasteiger charge is -2.09. The quantitative estimate of drug-likeness (QED) is 0.440. The summed E-state index contributed by atoms with van der Waals surface area (Å²) >= 11 is 6.14. The van der Waals surface area contributed by atoms with Crippen LogP contribution in [-0.4, -0.2) is 35.4 Å². The molecule has 0 atom stereocenters. The second-order valence-corrected chi connectivity index (χ2v) is 7.70. The number of hydrogen-bond acceptors (Lipinski definition) is 5. The molecule has 5 rings (SSSR count). The zero-order valence-corrected chi connectivity index (χ0v) is 17.9. The number of anilines is 1. The lowest BCUT2D eigenvalue weighted by molar-refractivity contribution is -0.115. The number of hydrogen-bond donors (Lipinski definition) is 1. The summed E-state index contributed by atoms with van der Waals surface area (Å²) in [4.78, 5) is 21.5. The van der Waals surface area contributed by atoms with Gasteiger partial charge in [0.05, 0.1) is 29.4 Å². The molecule has 0 radical (unpaired) electrons. The average molecular weight is 444 g/mol. The lowest BCUT2D eigenvalue weighted by atomic mass is 10.1. The van der Waals surface area contributed by atoms with Crippen molar-refractivity contribution in [3.05, 3.63) is 89.5 Å². The standard InChI is InChI=1S/C23H18ClN7O/c1-15-10-20(28-21(32)11-16-6-3-2-4-7-16)31(29-15)23-19-13-27-30(22(19)25-14-26-23)18-9-5-8-17(24)12-18/h2-10,12-14H,11H2,1H3,(H,28,32). The molecule has 0 unspecified atom stereocenters. The Morgan fingerprint density at radius 2 is 1.88 bits per heavy atom. The maximum Gasteiger partial charge on any atom is 0.229 e. The fourth-order valence-corrected chi connectivity index (χ4v) is 3.70. The molecule has 0 saturated heterocycles. The van der Waals surface area contributed by atoms with Gasteiger partial charge >= 0.3 is 0 Å². The van der Waals surface area contributed by atoms with Gasteiger partial charge in [-0.3, -0.25) is 4.79 Å². The van der Waals surface area contributed by atoms with E-state index in [0.717, 1.165) is 16.9 Å². The molecular formula is C23H18ClN7O. The Labute approximate surface area is 188 Å². The smallest absolute Gasteiger partial charge is 0.229 e. The Morgan fingerprint density at radius 3 is 2.69 bits per heavy atom. The van der Waals surface area contributed by atoms with Gasteiger partial charge in [-0.2, -0.15) is 14.9 Å². The summed E-state index contributed by atoms with van der Waals surface area (Å²) in [6.45, 7) is 1.86. The predicted octanol–water partition coefficient (Wildman–Crippen LogP) is 4.14. The summed E-state index contributed by atoms with van der Waals surface area (Å²) in [5, 5.41) is 13.3. The molecule has 3 aromatic heterocycles. The van der Waals surface area contributed by atoms with E-state index in [1.54, 1.807) is 27.7 Å². The molecule has 0 aliphatic heterocycles. The van der Waals surface area contributed by atoms with Crippen molar-refractivity contribution in [3.8, 4) is 11.5 Å². The van der Waals surface area contributed by atoms with Crippen molar-refractivity contribution >= 4 is 34.4 Å². The molecular weight excluding hydrogens is 426 g/mol. The third-order valence-electron chi connectivity index (χ3n) is 4.90. The predicted molar refractivity (Wildman–Crippen MR) is 122 cm³/mol. The Bertz CT molecular complexity index is 1430. The van der Waals surface area contributed by atoms with Gasteiger partial charge < -0.3 is 5.32 Å². The van der Waals surface area contributed by atoms with Crippen LogP contribution in [0.1, 0.15) is 11.3 Å². The molecule has 0 bridgehead atoms. The monoisotopic (exact) mass is 443 g/mol. The summed E-state index contributed by atoms with van der Waals surface area (Å²) in [6.07, 6.45) is 3.39. The largest absolute Gasteiger partial charge is 0.310 e. The first-order chi connectivity index (χ1) is 15.6. The van der Waals surface area contributed by atoms with Gasteiger partial charge in [0.1, 0.15) is 12.1 Å². The highest BCUT2D eigenvalue weighted by atomic mass is 35.5. The molecule has 1 amide bonds. The van der Waals surface area contributed by atoms with Crippen molar-refractivity contribution in [2.75, 3.05) is 5.32 Å². The normalized spacial score (nSPS) is 11.1. The molecule has 3 heterocycles. The van der Waals surface area contributed by atoms with Gasteiger partial charge in [0, 0.05) is 11.1 Å². The van der Waals surface area contributed by atoms with Crippen LogP contribution in [0.2, 0.25) is 5.02 Å². The van der Waals surface area contributed by atoms with E-state index in [1.165, 1.54) is 6.33 Å². The lowest BCUT2D eigenvalue weighted by Crippen LogP contribution is -2.17. The van der Waals surface area contributed by atoms with E-state index in [1.807, 2.05) is 55.5 Å². The van der Waals surface area contributed by atoms with E-state index in [-0.39, 0.29) is 12.3 Å². The number of carbonyl (C=O) groups is 1. The second-order valence-electron chi connectivity index (χ2n) is 7.26. The van der Waals surface area contributed by atoms with E-state index in [9.17, 15) is 4.79 Å². The van der Waals surface area contributed by atoms with E-state index < -0.39 is 0 Å². The van der Waals surface area contributed by atoms with Crippen molar-refractivity contribution in [1.82, 2.24) is 29.5 Å². The van der Waals surface area contributed by atoms with Gasteiger partial charge in [-0.25, -0.2) is 14.6 Å². The van der Waals surface area contributed by atoms with Crippen molar-refractivity contribution in [2.24, 2.45) is 0 Å². The number of benzene rings is 2. The van der Waals surface area contributed by atoms with Crippen LogP contribution in [0, 0.1) is 6.92 Å². The van der Waals surface area contributed by atoms with E-state index >= 15 is 0 Å². The van der Waals surface area contributed by atoms with Crippen LogP contribution in [0.5, 0.6) is 0 Å². The first kappa shape index (κ1) is 19.9. The Morgan fingerprint density at radius 1 is 1.03 bits per heavy atom. The van der Waals surface area contributed by atoms with Crippen LogP contribution in [0.4, 0.5) is 5.82 Å². The Kier molecular flexibility index (Phi) is 5.12. The Balaban J connectivity index is 1.52. The molecule has 1 N–H and O–H groups in total. The maximum atomic E-state index is 12.6. The molecule has 0 fully saturated rings. The summed E-state index contributed by atoms with van der Waals surface area (Å²) in [7, 11) is 0. The molecule has 8 nitrogen and oxygen atoms in total. The van der Waals surface area contributed by atoms with E-state index in [4.69, 9.17) is 11.6 Å². The first-order valence-electron chi connectivity index (χ1n) is 9.94. The molecule has 9 heteroatoms. The van der Waals surface area contributed by atoms with E-state index in [0.29, 0.717) is 27.7 Å². The highest BCUT2D eigenvalue weighted by Gasteiger charge is 2.18. The van der Waals surface area contributed by atoms with Gasteiger partial charge in [0.15, 0.2) is 11.5 Å². The fourth-order valence-electron chi connectivity index (χ4n) is 3.52. The number of rotatable bonds is 5. The number of halogens is 1. The van der Waals surface area contributed by atoms with Crippen LogP contribution < -0.4 is 5.32 Å². The van der Waals surface area contributed by atoms with Crippen LogP contribution in [0.3, 0.4) is 0 Å². The Hall–Kier alpha value is -4.04. The maximum absolute atomic E-state index is 12.6. The number of amides is 1. The molecule has 0 spiro atoms. The second kappa shape index (κ2) is 8.24. The highest BCUT2D eigenvalue weighted by Crippen LogP contribution is 2.25. The van der Waals surface area contributed by atoms with Crippen molar-refractivity contribution in [1.29, 1.82) is 0 Å². The number of aromatic nitrogens is 6. The molecule has 0 aliphatic rings. The highest BCUT2D eigenvalue weighted by molar-refractivity contribution is 6.30. The van der Waals surface area contributed by atoms with Crippen LogP contribution >= 0.6 is 11.6 Å². The number of fused-ring (bicyclic) bond motifs is 1. The van der Waals surface area contributed by atoms with Crippen molar-refractivity contribution in [3.63, 3.8) is 0 Å². The molecule has 0 aliphatic carbocycles. The first-order valence-corrected chi connectivity index (χ1v) is 10.3. The summed E-state index contributed by atoms with van der Waals surface area (Å²) in [5.41, 5.74) is 3.06. The van der Waals surface area contributed by atoms with Gasteiger partial charge in [0.2, 0.25) is 5.91 Å². The van der Waals surface area contributed by atoms with Crippen LogP contribution in [0.25, 0.3) is 22.5 Å². The van der Waals surface area contributed by atoms with Crippen molar-refractivity contribution < 1.29 is 4.79 Å².